The second-order valence-corrected chi connectivity index (χ2v) is 15.0. The van der Waals surface area contributed by atoms with Crippen molar-refractivity contribution in [2.45, 2.75) is 9.79 Å². The van der Waals surface area contributed by atoms with Crippen LogP contribution in [0, 0.1) is 0 Å². The predicted octanol–water partition coefficient (Wildman–Crippen LogP) is 11.4. The number of carboxylic acids is 2. The Labute approximate surface area is 340 Å². The fourth-order valence-corrected chi connectivity index (χ4v) is 6.45. The molecule has 0 radical (unpaired) electrons. The molecule has 20 heteroatoms. The SMILES string of the molecule is O=C(O)c1ccc(N=Nc2ccc(N=Nc3ccc(/C=C\c4ccc(N=Nc5ccc(N=Nc6ccc(C(=O)O)cc6)cc5)cc4S(=O)(=O)O)c(S(=O)(=O)O)c3)cc2)cc1. The molecule has 4 N–H and O–H groups in total. The highest BCUT2D eigenvalue weighted by atomic mass is 32.2. The first kappa shape index (κ1) is 41.8. The van der Waals surface area contributed by atoms with Gasteiger partial charge in [-0.25, -0.2) is 9.59 Å². The molecular formula is C40H28N8O10S2. The molecule has 6 aromatic rings. The van der Waals surface area contributed by atoms with Gasteiger partial charge in [-0.05, 0) is 132 Å². The highest BCUT2D eigenvalue weighted by Gasteiger charge is 2.18. The molecule has 0 aromatic heterocycles. The Morgan fingerprint density at radius 2 is 0.583 bits per heavy atom. The average Bonchev–Trinajstić information content (AvgIpc) is 3.23. The highest BCUT2D eigenvalue weighted by molar-refractivity contribution is 7.86. The van der Waals surface area contributed by atoms with Crippen molar-refractivity contribution in [1.29, 1.82) is 0 Å². The van der Waals surface area contributed by atoms with Gasteiger partial charge >= 0.3 is 11.9 Å². The van der Waals surface area contributed by atoms with Crippen LogP contribution in [0.25, 0.3) is 12.2 Å². The summed E-state index contributed by atoms with van der Waals surface area (Å²) in [5.41, 5.74) is 2.85. The van der Waals surface area contributed by atoms with Crippen LogP contribution in [0.5, 0.6) is 0 Å². The van der Waals surface area contributed by atoms with E-state index in [0.717, 1.165) is 12.1 Å². The molecule has 0 aliphatic heterocycles. The Morgan fingerprint density at radius 3 is 0.817 bits per heavy atom. The third kappa shape index (κ3) is 11.4. The molecule has 0 aliphatic rings. The van der Waals surface area contributed by atoms with Crippen LogP contribution in [-0.4, -0.2) is 48.1 Å². The highest BCUT2D eigenvalue weighted by Crippen LogP contribution is 2.30. The zero-order valence-corrected chi connectivity index (χ0v) is 32.1. The zero-order valence-electron chi connectivity index (χ0n) is 30.5. The Bertz CT molecular complexity index is 2750. The quantitative estimate of drug-likeness (QED) is 0.0457. The normalized spacial score (nSPS) is 12.4. The van der Waals surface area contributed by atoms with Crippen LogP contribution in [0.3, 0.4) is 0 Å². The molecular weight excluding hydrogens is 817 g/mol. The number of carboxylic acid groups (broad SMARTS) is 2. The Hall–Kier alpha value is -7.78. The van der Waals surface area contributed by atoms with Gasteiger partial charge in [0.2, 0.25) is 0 Å². The van der Waals surface area contributed by atoms with E-state index in [-0.39, 0.29) is 33.6 Å². The van der Waals surface area contributed by atoms with E-state index >= 15 is 0 Å². The van der Waals surface area contributed by atoms with Crippen LogP contribution in [0.4, 0.5) is 45.5 Å². The van der Waals surface area contributed by atoms with Gasteiger partial charge in [0, 0.05) is 0 Å². The number of hydrogen-bond acceptors (Lipinski definition) is 14. The third-order valence-corrected chi connectivity index (χ3v) is 9.86. The molecule has 6 rings (SSSR count). The van der Waals surface area contributed by atoms with Crippen molar-refractivity contribution in [3.05, 3.63) is 156 Å². The van der Waals surface area contributed by atoms with Crippen LogP contribution in [0.15, 0.2) is 184 Å². The maximum absolute atomic E-state index is 12.4. The molecule has 0 aliphatic carbocycles. The van der Waals surface area contributed by atoms with E-state index in [2.05, 4.69) is 40.9 Å². The summed E-state index contributed by atoms with van der Waals surface area (Å²) in [6.07, 6.45) is 2.46. The molecule has 6 aromatic carbocycles. The van der Waals surface area contributed by atoms with Crippen molar-refractivity contribution >= 4 is 89.8 Å². The number of benzene rings is 6. The van der Waals surface area contributed by atoms with Crippen molar-refractivity contribution in [2.75, 3.05) is 0 Å². The van der Waals surface area contributed by atoms with Gasteiger partial charge in [-0.1, -0.05) is 24.3 Å². The predicted molar refractivity (Wildman–Crippen MR) is 218 cm³/mol. The van der Waals surface area contributed by atoms with E-state index in [0.29, 0.717) is 34.1 Å². The first-order valence-corrected chi connectivity index (χ1v) is 19.9. The Morgan fingerprint density at radius 1 is 0.367 bits per heavy atom. The van der Waals surface area contributed by atoms with E-state index in [1.807, 2.05) is 0 Å². The zero-order chi connectivity index (χ0) is 42.9. The number of rotatable bonds is 14. The fraction of sp³-hybridized carbons (Fsp3) is 0. The second-order valence-electron chi connectivity index (χ2n) is 12.3. The molecule has 0 saturated carbocycles. The molecule has 0 heterocycles. The maximum Gasteiger partial charge on any atom is 0.335 e. The summed E-state index contributed by atoms with van der Waals surface area (Å²) in [6.45, 7) is 0. The van der Waals surface area contributed by atoms with E-state index in [1.54, 1.807) is 48.5 Å². The van der Waals surface area contributed by atoms with E-state index in [9.17, 15) is 35.5 Å². The Balaban J connectivity index is 1.14. The number of carbonyl (C=O) groups is 2. The van der Waals surface area contributed by atoms with E-state index < -0.39 is 42.0 Å². The van der Waals surface area contributed by atoms with Crippen molar-refractivity contribution in [2.24, 2.45) is 40.9 Å². The summed E-state index contributed by atoms with van der Waals surface area (Å²) in [7, 11) is -9.63. The minimum atomic E-state index is -4.82. The number of hydrogen-bond donors (Lipinski definition) is 4. The molecule has 0 unspecified atom stereocenters. The lowest BCUT2D eigenvalue weighted by molar-refractivity contribution is 0.0686. The minimum Gasteiger partial charge on any atom is -0.478 e. The van der Waals surface area contributed by atoms with Gasteiger partial charge in [0.15, 0.2) is 0 Å². The first-order valence-electron chi connectivity index (χ1n) is 17.1. The smallest absolute Gasteiger partial charge is 0.335 e. The maximum atomic E-state index is 12.4. The van der Waals surface area contributed by atoms with Crippen LogP contribution in [0.1, 0.15) is 31.8 Å². The molecule has 0 amide bonds. The van der Waals surface area contributed by atoms with Crippen LogP contribution >= 0.6 is 0 Å². The lowest BCUT2D eigenvalue weighted by Gasteiger charge is -2.06. The summed E-state index contributed by atoms with van der Waals surface area (Å²) in [6, 6.07) is 32.0. The van der Waals surface area contributed by atoms with Crippen molar-refractivity contribution < 1.29 is 45.7 Å². The van der Waals surface area contributed by atoms with Gasteiger partial charge in [-0.15, -0.1) is 0 Å². The molecule has 60 heavy (non-hydrogen) atoms. The molecule has 300 valence electrons. The second kappa shape index (κ2) is 18.2. The van der Waals surface area contributed by atoms with Gasteiger partial charge in [0.05, 0.1) is 56.6 Å². The molecule has 0 atom stereocenters. The minimum absolute atomic E-state index is 0.0344. The summed E-state index contributed by atoms with van der Waals surface area (Å²) in [5, 5.41) is 50.6. The van der Waals surface area contributed by atoms with Crippen molar-refractivity contribution in [3.63, 3.8) is 0 Å². The van der Waals surface area contributed by atoms with E-state index in [4.69, 9.17) is 10.2 Å². The topological polar surface area (TPSA) is 282 Å². The lowest BCUT2D eigenvalue weighted by Crippen LogP contribution is -2.01. The van der Waals surface area contributed by atoms with Gasteiger partial charge in [0.1, 0.15) is 9.79 Å². The first-order chi connectivity index (χ1) is 28.6. The summed E-state index contributed by atoms with van der Waals surface area (Å²) < 4.78 is 69.4. The van der Waals surface area contributed by atoms with Gasteiger partial charge in [-0.2, -0.15) is 57.7 Å². The van der Waals surface area contributed by atoms with Crippen molar-refractivity contribution in [3.8, 4) is 0 Å². The monoisotopic (exact) mass is 844 g/mol. The summed E-state index contributed by atoms with van der Waals surface area (Å²) in [4.78, 5) is 20.9. The number of nitrogens with zero attached hydrogens (tertiary/aromatic N) is 8. The third-order valence-electron chi connectivity index (χ3n) is 8.04. The van der Waals surface area contributed by atoms with Gasteiger partial charge in [-0.3, -0.25) is 9.11 Å². The van der Waals surface area contributed by atoms with Gasteiger partial charge < -0.3 is 10.2 Å². The molecule has 0 saturated heterocycles. The van der Waals surface area contributed by atoms with Crippen LogP contribution in [0.2, 0.25) is 0 Å². The molecule has 0 fully saturated rings. The van der Waals surface area contributed by atoms with Crippen molar-refractivity contribution in [1.82, 2.24) is 0 Å². The van der Waals surface area contributed by atoms with Crippen LogP contribution < -0.4 is 0 Å². The fourth-order valence-electron chi connectivity index (χ4n) is 5.05. The standard InChI is InChI=1S/C40H28N8O10S2/c49-39(50)27-5-9-29(10-6-27)41-43-31-15-19-33(20-16-31)45-47-35-13-3-25(37(23-35)59(53,54)55)1-2-26-4-14-36(24-38(26)60(56,57)58)48-46-34-21-17-32(18-22-34)44-42-30-11-7-28(8-12-30)40(51)52/h1-24H,(H,49,50)(H,51,52)(H,53,54,55)(H,56,57,58)/b2-1-,43-41?,44-42?,47-45?,48-46?. The molecule has 0 spiro atoms. The summed E-state index contributed by atoms with van der Waals surface area (Å²) >= 11 is 0. The van der Waals surface area contributed by atoms with E-state index in [1.165, 1.54) is 84.9 Å². The molecule has 0 bridgehead atoms. The lowest BCUT2D eigenvalue weighted by atomic mass is 10.1. The summed E-state index contributed by atoms with van der Waals surface area (Å²) in [5.74, 6) is -2.12. The number of azo groups is 4. The van der Waals surface area contributed by atoms with Crippen LogP contribution in [-0.2, 0) is 20.2 Å². The number of aromatic carboxylic acids is 2. The molecule has 18 nitrogen and oxygen atoms in total. The average molecular weight is 845 g/mol. The van der Waals surface area contributed by atoms with Gasteiger partial charge in [0.25, 0.3) is 20.2 Å². The largest absolute Gasteiger partial charge is 0.478 e. The Kier molecular flexibility index (Phi) is 12.7.